The molecule has 1 amide bonds. The maximum atomic E-state index is 11.5. The van der Waals surface area contributed by atoms with Crippen LogP contribution in [0.3, 0.4) is 0 Å². The summed E-state index contributed by atoms with van der Waals surface area (Å²) in [5.74, 6) is -0.401. The number of hydrogen-bond donors (Lipinski definition) is 2. The van der Waals surface area contributed by atoms with Gasteiger partial charge in [-0.2, -0.15) is 0 Å². The summed E-state index contributed by atoms with van der Waals surface area (Å²) < 4.78 is 25.1. The average Bonchev–Trinajstić information content (AvgIpc) is 2.97. The molecule has 0 radical (unpaired) electrons. The first-order valence-electron chi connectivity index (χ1n) is 6.01. The second-order valence-electron chi connectivity index (χ2n) is 5.47. The Morgan fingerprint density at radius 3 is 2.41 bits per heavy atom. The largest absolute Gasteiger partial charge is 0.330 e. The van der Waals surface area contributed by atoms with Crippen LogP contribution in [-0.4, -0.2) is 26.1 Å². The Kier molecular flexibility index (Phi) is 4.55. The van der Waals surface area contributed by atoms with E-state index in [-0.39, 0.29) is 17.1 Å². The van der Waals surface area contributed by atoms with Crippen molar-refractivity contribution in [1.82, 2.24) is 4.72 Å². The highest BCUT2D eigenvalue weighted by atomic mass is 32.2. The van der Waals surface area contributed by atoms with Crippen molar-refractivity contribution < 1.29 is 13.2 Å². The third kappa shape index (κ3) is 5.04. The summed E-state index contributed by atoms with van der Waals surface area (Å²) in [6.45, 7) is 4.64. The van der Waals surface area contributed by atoms with Crippen LogP contribution < -0.4 is 10.5 Å². The molecule has 1 fully saturated rings. The molecule has 1 aliphatic carbocycles. The molecule has 1 rings (SSSR count). The third-order valence-electron chi connectivity index (χ3n) is 3.07. The molecule has 17 heavy (non-hydrogen) atoms. The topological polar surface area (TPSA) is 89.3 Å². The van der Waals surface area contributed by atoms with Crippen molar-refractivity contribution in [2.75, 3.05) is 6.54 Å². The number of carbonyl (C=O) groups is 1. The predicted octanol–water partition coefficient (Wildman–Crippen LogP) is 0.750. The van der Waals surface area contributed by atoms with Crippen LogP contribution >= 0.6 is 0 Å². The van der Waals surface area contributed by atoms with E-state index in [0.717, 1.165) is 6.42 Å². The summed E-state index contributed by atoms with van der Waals surface area (Å²) in [5, 5.41) is -0.344. The second kappa shape index (κ2) is 5.35. The fourth-order valence-electron chi connectivity index (χ4n) is 1.64. The maximum Gasteiger partial charge on any atom is 0.237 e. The quantitative estimate of drug-likeness (QED) is 0.708. The average molecular weight is 262 g/mol. The van der Waals surface area contributed by atoms with Gasteiger partial charge in [0.1, 0.15) is 0 Å². The molecule has 1 aliphatic rings. The van der Waals surface area contributed by atoms with Crippen LogP contribution in [0, 0.1) is 5.41 Å². The maximum absolute atomic E-state index is 11.5. The minimum atomic E-state index is -3.39. The first kappa shape index (κ1) is 14.4. The van der Waals surface area contributed by atoms with Gasteiger partial charge in [-0.05, 0) is 37.6 Å². The molecule has 0 saturated heterocycles. The monoisotopic (exact) mass is 262 g/mol. The van der Waals surface area contributed by atoms with Gasteiger partial charge in [0.15, 0.2) is 0 Å². The van der Waals surface area contributed by atoms with Gasteiger partial charge >= 0.3 is 0 Å². The van der Waals surface area contributed by atoms with Crippen LogP contribution in [0.5, 0.6) is 0 Å². The molecule has 3 N–H and O–H groups in total. The first-order chi connectivity index (χ1) is 7.77. The van der Waals surface area contributed by atoms with E-state index in [1.54, 1.807) is 0 Å². The zero-order chi connectivity index (χ0) is 13.1. The minimum Gasteiger partial charge on any atom is -0.330 e. The number of carbonyl (C=O) groups excluding carboxylic acids is 1. The van der Waals surface area contributed by atoms with Crippen molar-refractivity contribution in [2.24, 2.45) is 11.1 Å². The van der Waals surface area contributed by atoms with Crippen LogP contribution in [0.4, 0.5) is 0 Å². The highest BCUT2D eigenvalue weighted by Crippen LogP contribution is 2.28. The fourth-order valence-corrected chi connectivity index (χ4v) is 2.98. The highest BCUT2D eigenvalue weighted by molar-refractivity contribution is 7.90. The normalized spacial score (nSPS) is 16.9. The summed E-state index contributed by atoms with van der Waals surface area (Å²) in [5.41, 5.74) is 5.46. The number of nitrogens with one attached hydrogen (secondary N) is 1. The van der Waals surface area contributed by atoms with E-state index in [1.807, 2.05) is 13.8 Å². The molecule has 0 atom stereocenters. The molecular formula is C11H22N2O3S. The van der Waals surface area contributed by atoms with Gasteiger partial charge in [0, 0.05) is 6.42 Å². The smallest absolute Gasteiger partial charge is 0.237 e. The SMILES string of the molecule is CC(C)(CCN)CCC(=O)NS(=O)(=O)C1CC1. The Bertz CT molecular complexity index is 372. The summed E-state index contributed by atoms with van der Waals surface area (Å²) in [4.78, 5) is 11.5. The van der Waals surface area contributed by atoms with Crippen molar-refractivity contribution in [3.63, 3.8) is 0 Å². The number of rotatable bonds is 7. The summed E-state index contributed by atoms with van der Waals surface area (Å²) >= 11 is 0. The van der Waals surface area contributed by atoms with Gasteiger partial charge in [0.05, 0.1) is 5.25 Å². The lowest BCUT2D eigenvalue weighted by atomic mass is 9.84. The summed E-state index contributed by atoms with van der Waals surface area (Å²) in [6.07, 6.45) is 3.05. The van der Waals surface area contributed by atoms with Crippen LogP contribution in [0.25, 0.3) is 0 Å². The first-order valence-corrected chi connectivity index (χ1v) is 7.56. The van der Waals surface area contributed by atoms with Gasteiger partial charge in [-0.25, -0.2) is 8.42 Å². The third-order valence-corrected chi connectivity index (χ3v) is 4.93. The van der Waals surface area contributed by atoms with Gasteiger partial charge in [-0.1, -0.05) is 13.8 Å². The summed E-state index contributed by atoms with van der Waals surface area (Å²) in [6, 6.07) is 0. The van der Waals surface area contributed by atoms with Gasteiger partial charge in [0.2, 0.25) is 15.9 Å². The molecular weight excluding hydrogens is 240 g/mol. The molecule has 0 heterocycles. The molecule has 5 nitrogen and oxygen atoms in total. The Labute approximate surface area is 103 Å². The lowest BCUT2D eigenvalue weighted by Crippen LogP contribution is -2.34. The van der Waals surface area contributed by atoms with E-state index < -0.39 is 15.9 Å². The number of amides is 1. The number of nitrogens with two attached hydrogens (primary N) is 1. The Morgan fingerprint density at radius 1 is 1.35 bits per heavy atom. The van der Waals surface area contributed by atoms with E-state index in [4.69, 9.17) is 5.73 Å². The molecule has 100 valence electrons. The predicted molar refractivity (Wildman–Crippen MR) is 66.8 cm³/mol. The van der Waals surface area contributed by atoms with Crippen LogP contribution in [-0.2, 0) is 14.8 Å². The van der Waals surface area contributed by atoms with Crippen molar-refractivity contribution in [1.29, 1.82) is 0 Å². The zero-order valence-corrected chi connectivity index (χ0v) is 11.3. The lowest BCUT2D eigenvalue weighted by Gasteiger charge is -2.23. The zero-order valence-electron chi connectivity index (χ0n) is 10.5. The molecule has 0 aliphatic heterocycles. The van der Waals surface area contributed by atoms with Crippen LogP contribution in [0.2, 0.25) is 0 Å². The Balaban J connectivity index is 2.35. The summed E-state index contributed by atoms with van der Waals surface area (Å²) in [7, 11) is -3.39. The minimum absolute atomic E-state index is 0.0184. The molecule has 0 spiro atoms. The molecule has 6 heteroatoms. The van der Waals surface area contributed by atoms with E-state index >= 15 is 0 Å². The van der Waals surface area contributed by atoms with Crippen molar-refractivity contribution >= 4 is 15.9 Å². The standard InChI is InChI=1S/C11H22N2O3S/c1-11(2,7-8-12)6-5-10(14)13-17(15,16)9-3-4-9/h9H,3-8,12H2,1-2H3,(H,13,14). The molecule has 1 saturated carbocycles. The van der Waals surface area contributed by atoms with Gasteiger partial charge in [0.25, 0.3) is 0 Å². The molecule has 0 bridgehead atoms. The molecule has 0 aromatic carbocycles. The van der Waals surface area contributed by atoms with E-state index in [1.165, 1.54) is 0 Å². The number of hydrogen-bond acceptors (Lipinski definition) is 4. The van der Waals surface area contributed by atoms with E-state index in [0.29, 0.717) is 25.8 Å². The van der Waals surface area contributed by atoms with E-state index in [9.17, 15) is 13.2 Å². The second-order valence-corrected chi connectivity index (χ2v) is 7.43. The Hall–Kier alpha value is -0.620. The Morgan fingerprint density at radius 2 is 1.94 bits per heavy atom. The van der Waals surface area contributed by atoms with Gasteiger partial charge in [-0.3, -0.25) is 9.52 Å². The van der Waals surface area contributed by atoms with Crippen molar-refractivity contribution in [2.45, 2.75) is 51.2 Å². The fraction of sp³-hybridized carbons (Fsp3) is 0.909. The highest BCUT2D eigenvalue weighted by Gasteiger charge is 2.36. The lowest BCUT2D eigenvalue weighted by molar-refractivity contribution is -0.119. The van der Waals surface area contributed by atoms with Gasteiger partial charge in [-0.15, -0.1) is 0 Å². The molecule has 0 aromatic heterocycles. The number of sulfonamides is 1. The molecule has 0 unspecified atom stereocenters. The van der Waals surface area contributed by atoms with Crippen molar-refractivity contribution in [3.05, 3.63) is 0 Å². The van der Waals surface area contributed by atoms with Crippen molar-refractivity contribution in [3.8, 4) is 0 Å². The van der Waals surface area contributed by atoms with Crippen LogP contribution in [0.1, 0.15) is 46.0 Å². The van der Waals surface area contributed by atoms with E-state index in [2.05, 4.69) is 4.72 Å². The van der Waals surface area contributed by atoms with Crippen LogP contribution in [0.15, 0.2) is 0 Å². The molecule has 0 aromatic rings. The van der Waals surface area contributed by atoms with Gasteiger partial charge < -0.3 is 5.73 Å².